The molecule has 0 saturated carbocycles. The molecule has 3 nitrogen and oxygen atoms in total. The van der Waals surface area contributed by atoms with Gasteiger partial charge in [0.2, 0.25) is 0 Å². The Morgan fingerprint density at radius 3 is 2.48 bits per heavy atom. The molecule has 0 bridgehead atoms. The fraction of sp³-hybridized carbons (Fsp3) is 0.208. The molecule has 0 aliphatic rings. The quantitative estimate of drug-likeness (QED) is 0.406. The summed E-state index contributed by atoms with van der Waals surface area (Å²) < 4.78 is 5.83. The maximum atomic E-state index is 12.7. The molecule has 0 aliphatic heterocycles. The third kappa shape index (κ3) is 6.02. The zero-order valence-electron chi connectivity index (χ0n) is 16.5. The average molecular weight is 426 g/mol. The van der Waals surface area contributed by atoms with E-state index in [0.29, 0.717) is 17.2 Å². The molecule has 5 heteroatoms. The van der Waals surface area contributed by atoms with Gasteiger partial charge in [-0.05, 0) is 54.8 Å². The molecule has 3 aromatic carbocycles. The number of carbonyl (C=O) groups is 1. The molecule has 1 N–H and O–H groups in total. The summed E-state index contributed by atoms with van der Waals surface area (Å²) in [6.45, 7) is 3.92. The number of nitrogens with one attached hydrogen (secondary N) is 1. The Labute approximate surface area is 181 Å². The summed E-state index contributed by atoms with van der Waals surface area (Å²) in [6.07, 6.45) is -0.0651. The third-order valence-electron chi connectivity index (χ3n) is 4.47. The topological polar surface area (TPSA) is 38.3 Å². The zero-order chi connectivity index (χ0) is 20.6. The number of para-hydroxylation sites is 1. The molecule has 0 radical (unpaired) electrons. The van der Waals surface area contributed by atoms with E-state index in [0.717, 1.165) is 17.0 Å². The van der Waals surface area contributed by atoms with Crippen molar-refractivity contribution in [3.8, 4) is 5.75 Å². The number of benzene rings is 3. The van der Waals surface area contributed by atoms with Gasteiger partial charge >= 0.3 is 0 Å². The minimum Gasteiger partial charge on any atom is -0.479 e. The summed E-state index contributed by atoms with van der Waals surface area (Å²) in [5.41, 5.74) is 3.04. The Balaban J connectivity index is 1.62. The largest absolute Gasteiger partial charge is 0.479 e. The average Bonchev–Trinajstić information content (AvgIpc) is 2.74. The second-order valence-electron chi connectivity index (χ2n) is 6.69. The van der Waals surface area contributed by atoms with E-state index in [2.05, 4.69) is 29.6 Å². The lowest BCUT2D eigenvalue weighted by Crippen LogP contribution is -2.32. The monoisotopic (exact) mass is 425 g/mol. The number of halogens is 1. The first-order valence-corrected chi connectivity index (χ1v) is 10.9. The van der Waals surface area contributed by atoms with Crippen molar-refractivity contribution in [1.82, 2.24) is 0 Å². The van der Waals surface area contributed by atoms with Crippen LogP contribution >= 0.6 is 23.4 Å². The Bertz CT molecular complexity index is 962. The second kappa shape index (κ2) is 10.4. The number of anilines is 1. The van der Waals surface area contributed by atoms with Gasteiger partial charge in [0.15, 0.2) is 6.10 Å². The molecule has 3 rings (SSSR count). The molecular weight excluding hydrogens is 402 g/mol. The van der Waals surface area contributed by atoms with Crippen LogP contribution in [-0.4, -0.2) is 12.0 Å². The van der Waals surface area contributed by atoms with Gasteiger partial charge in [0.1, 0.15) is 5.75 Å². The van der Waals surface area contributed by atoms with Crippen LogP contribution in [-0.2, 0) is 10.5 Å². The molecule has 0 heterocycles. The number of thioether (sulfide) groups is 1. The van der Waals surface area contributed by atoms with Crippen molar-refractivity contribution >= 4 is 35.0 Å². The van der Waals surface area contributed by atoms with E-state index >= 15 is 0 Å². The SMILES string of the molecule is CC[C@H](Oc1ccccc1Cl)C(=O)Nc1ccc(CSc2ccccc2)cc1C. The van der Waals surface area contributed by atoms with Crippen LogP contribution in [0.25, 0.3) is 0 Å². The highest BCUT2D eigenvalue weighted by Gasteiger charge is 2.20. The molecular formula is C24H24ClNO2S. The first-order chi connectivity index (χ1) is 14.1. The van der Waals surface area contributed by atoms with Gasteiger partial charge in [-0.2, -0.15) is 0 Å². The standard InChI is InChI=1S/C24H24ClNO2S/c1-3-22(28-23-12-8-7-11-20(23)25)24(27)26-21-14-13-18(15-17(21)2)16-29-19-9-5-4-6-10-19/h4-15,22H,3,16H2,1-2H3,(H,26,27)/t22-/m0/s1. The van der Waals surface area contributed by atoms with Crippen molar-refractivity contribution in [2.75, 3.05) is 5.32 Å². The normalized spacial score (nSPS) is 11.7. The minimum atomic E-state index is -0.609. The van der Waals surface area contributed by atoms with Crippen LogP contribution in [0.4, 0.5) is 5.69 Å². The Kier molecular flexibility index (Phi) is 7.62. The van der Waals surface area contributed by atoms with E-state index in [9.17, 15) is 4.79 Å². The molecule has 0 unspecified atom stereocenters. The summed E-state index contributed by atoms with van der Waals surface area (Å²) >= 11 is 7.94. The molecule has 1 amide bonds. The number of aryl methyl sites for hydroxylation is 1. The predicted octanol–water partition coefficient (Wildman–Crippen LogP) is 6.74. The molecule has 150 valence electrons. The number of rotatable bonds is 8. The summed E-state index contributed by atoms with van der Waals surface area (Å²) in [5, 5.41) is 3.48. The van der Waals surface area contributed by atoms with Gasteiger partial charge in [0.25, 0.3) is 5.91 Å². The van der Waals surface area contributed by atoms with Crippen LogP contribution < -0.4 is 10.1 Å². The van der Waals surface area contributed by atoms with E-state index < -0.39 is 6.10 Å². The van der Waals surface area contributed by atoms with E-state index in [-0.39, 0.29) is 5.91 Å². The molecule has 1 atom stereocenters. The van der Waals surface area contributed by atoms with E-state index in [1.807, 2.05) is 50.2 Å². The summed E-state index contributed by atoms with van der Waals surface area (Å²) in [4.78, 5) is 14.0. The highest BCUT2D eigenvalue weighted by molar-refractivity contribution is 7.98. The van der Waals surface area contributed by atoms with Gasteiger partial charge in [-0.25, -0.2) is 0 Å². The Hall–Kier alpha value is -2.43. The fourth-order valence-electron chi connectivity index (χ4n) is 2.87. The van der Waals surface area contributed by atoms with Crippen LogP contribution in [0.5, 0.6) is 5.75 Å². The van der Waals surface area contributed by atoms with Crippen LogP contribution in [0.3, 0.4) is 0 Å². The first-order valence-electron chi connectivity index (χ1n) is 9.56. The molecule has 29 heavy (non-hydrogen) atoms. The zero-order valence-corrected chi connectivity index (χ0v) is 18.1. The minimum absolute atomic E-state index is 0.179. The number of ether oxygens (including phenoxy) is 1. The van der Waals surface area contributed by atoms with Crippen molar-refractivity contribution in [2.24, 2.45) is 0 Å². The predicted molar refractivity (Wildman–Crippen MR) is 122 cm³/mol. The van der Waals surface area contributed by atoms with Crippen molar-refractivity contribution in [3.63, 3.8) is 0 Å². The first kappa shape index (κ1) is 21.3. The van der Waals surface area contributed by atoms with Gasteiger partial charge in [-0.1, -0.05) is 61.0 Å². The lowest BCUT2D eigenvalue weighted by molar-refractivity contribution is -0.122. The molecule has 0 saturated heterocycles. The lowest BCUT2D eigenvalue weighted by atomic mass is 10.1. The third-order valence-corrected chi connectivity index (χ3v) is 5.86. The highest BCUT2D eigenvalue weighted by Crippen LogP contribution is 2.27. The molecule has 3 aromatic rings. The maximum Gasteiger partial charge on any atom is 0.265 e. The van der Waals surface area contributed by atoms with E-state index in [1.54, 1.807) is 23.9 Å². The summed E-state index contributed by atoms with van der Waals surface area (Å²) in [7, 11) is 0. The Morgan fingerprint density at radius 1 is 1.07 bits per heavy atom. The van der Waals surface area contributed by atoms with Crippen molar-refractivity contribution in [3.05, 3.63) is 88.9 Å². The van der Waals surface area contributed by atoms with E-state index in [1.165, 1.54) is 10.5 Å². The van der Waals surface area contributed by atoms with Crippen LogP contribution in [0.15, 0.2) is 77.7 Å². The molecule has 0 spiro atoms. The van der Waals surface area contributed by atoms with Gasteiger partial charge in [0.05, 0.1) is 5.02 Å². The smallest absolute Gasteiger partial charge is 0.265 e. The number of amides is 1. The molecule has 0 fully saturated rings. The molecule has 0 aliphatic carbocycles. The van der Waals surface area contributed by atoms with Crippen LogP contribution in [0.2, 0.25) is 5.02 Å². The van der Waals surface area contributed by atoms with Gasteiger partial charge in [-0.15, -0.1) is 11.8 Å². The lowest BCUT2D eigenvalue weighted by Gasteiger charge is -2.19. The van der Waals surface area contributed by atoms with Gasteiger partial charge < -0.3 is 10.1 Å². The van der Waals surface area contributed by atoms with Crippen molar-refractivity contribution in [1.29, 1.82) is 0 Å². The fourth-order valence-corrected chi connectivity index (χ4v) is 3.91. The summed E-state index contributed by atoms with van der Waals surface area (Å²) in [5.74, 6) is 1.22. The number of carbonyl (C=O) groups excluding carboxylic acids is 1. The maximum absolute atomic E-state index is 12.7. The molecule has 0 aromatic heterocycles. The number of hydrogen-bond donors (Lipinski definition) is 1. The number of hydrogen-bond acceptors (Lipinski definition) is 3. The van der Waals surface area contributed by atoms with Crippen molar-refractivity contribution < 1.29 is 9.53 Å². The Morgan fingerprint density at radius 2 is 1.79 bits per heavy atom. The van der Waals surface area contributed by atoms with Crippen LogP contribution in [0, 0.1) is 6.92 Å². The van der Waals surface area contributed by atoms with Gasteiger partial charge in [-0.3, -0.25) is 4.79 Å². The van der Waals surface area contributed by atoms with Crippen molar-refractivity contribution in [2.45, 2.75) is 37.0 Å². The van der Waals surface area contributed by atoms with Gasteiger partial charge in [0, 0.05) is 16.3 Å². The van der Waals surface area contributed by atoms with Crippen LogP contribution in [0.1, 0.15) is 24.5 Å². The summed E-state index contributed by atoms with van der Waals surface area (Å²) in [6, 6.07) is 23.6. The van der Waals surface area contributed by atoms with E-state index in [4.69, 9.17) is 16.3 Å². The highest BCUT2D eigenvalue weighted by atomic mass is 35.5. The second-order valence-corrected chi connectivity index (χ2v) is 8.14.